The Morgan fingerprint density at radius 3 is 2.77 bits per heavy atom. The second kappa shape index (κ2) is 11.3. The van der Waals surface area contributed by atoms with Gasteiger partial charge in [-0.2, -0.15) is 5.26 Å². The average molecular weight is 527 g/mol. The molecule has 1 saturated carbocycles. The normalized spacial score (nSPS) is 20.3. The molecule has 8 heteroatoms. The van der Waals surface area contributed by atoms with Crippen molar-refractivity contribution in [2.75, 3.05) is 6.61 Å². The molecule has 2 heterocycles. The number of allylic oxidation sites excluding steroid dienone is 3. The number of fused-ring (bicyclic) bond motifs is 1. The molecule has 0 saturated heterocycles. The van der Waals surface area contributed by atoms with Crippen LogP contribution in [0, 0.1) is 16.7 Å². The number of amides is 1. The number of hydrogen-bond acceptors (Lipinski definition) is 6. The van der Waals surface area contributed by atoms with Gasteiger partial charge in [-0.1, -0.05) is 37.5 Å². The number of nitriles is 1. The molecule has 1 aromatic carbocycles. The third-order valence-electron chi connectivity index (χ3n) is 7.70. The van der Waals surface area contributed by atoms with Crippen molar-refractivity contribution >= 4 is 22.9 Å². The van der Waals surface area contributed by atoms with Crippen LogP contribution in [0.4, 0.5) is 0 Å². The Kier molecular flexibility index (Phi) is 7.69. The minimum atomic E-state index is -0.850. The lowest BCUT2D eigenvalue weighted by atomic mass is 9.82. The predicted octanol–water partition coefficient (Wildman–Crippen LogP) is 6.27. The van der Waals surface area contributed by atoms with Gasteiger partial charge in [0.2, 0.25) is 0 Å². The number of nitrogens with one attached hydrogen (secondary N) is 1. The summed E-state index contributed by atoms with van der Waals surface area (Å²) < 4.78 is 12.9. The quantitative estimate of drug-likeness (QED) is 0.347. The maximum atomic E-state index is 13.4. The molecule has 0 bridgehead atoms. The minimum absolute atomic E-state index is 0.216. The number of esters is 1. The molecule has 2 aliphatic rings. The van der Waals surface area contributed by atoms with Gasteiger partial charge in [-0.3, -0.25) is 4.79 Å². The van der Waals surface area contributed by atoms with Crippen molar-refractivity contribution in [1.29, 1.82) is 5.26 Å². The van der Waals surface area contributed by atoms with E-state index >= 15 is 0 Å². The van der Waals surface area contributed by atoms with Crippen LogP contribution in [0.15, 0.2) is 65.0 Å². The number of rotatable bonds is 8. The van der Waals surface area contributed by atoms with Crippen molar-refractivity contribution in [2.24, 2.45) is 5.41 Å². The summed E-state index contributed by atoms with van der Waals surface area (Å²) in [5.74, 6) is -0.0130. The van der Waals surface area contributed by atoms with Gasteiger partial charge in [-0.15, -0.1) is 0 Å². The first kappa shape index (κ1) is 26.5. The Hall–Kier alpha value is -4.12. The molecule has 1 N–H and O–H groups in total. The van der Waals surface area contributed by atoms with E-state index in [9.17, 15) is 14.9 Å². The number of aromatic nitrogens is 2. The van der Waals surface area contributed by atoms with E-state index < -0.39 is 17.4 Å². The Labute approximate surface area is 228 Å². The van der Waals surface area contributed by atoms with E-state index in [4.69, 9.17) is 14.1 Å². The summed E-state index contributed by atoms with van der Waals surface area (Å²) in [5, 5.41) is 12.2. The predicted molar refractivity (Wildman–Crippen MR) is 148 cm³/mol. The van der Waals surface area contributed by atoms with Crippen LogP contribution in [-0.4, -0.2) is 34.1 Å². The average Bonchev–Trinajstić information content (AvgIpc) is 3.62. The number of hydrogen-bond donors (Lipinski definition) is 1. The first-order valence-corrected chi connectivity index (χ1v) is 13.7. The summed E-state index contributed by atoms with van der Waals surface area (Å²) in [6.07, 6.45) is 15.6. The SMILES string of the molecule is CCOC(=O)[C@H](CC1=CCC(C)(C#N)C=C1)NC(=O)c1ccc2c(c1)nc(-c1ccoc1)n2C1CCCCC1. The van der Waals surface area contributed by atoms with Gasteiger partial charge in [0.15, 0.2) is 0 Å². The largest absolute Gasteiger partial charge is 0.472 e. The number of ether oxygens (including phenoxy) is 1. The van der Waals surface area contributed by atoms with Crippen LogP contribution >= 0.6 is 0 Å². The number of imidazole rings is 1. The van der Waals surface area contributed by atoms with Crippen LogP contribution in [0.5, 0.6) is 0 Å². The zero-order valence-corrected chi connectivity index (χ0v) is 22.5. The molecule has 0 aliphatic heterocycles. The molecular weight excluding hydrogens is 492 g/mol. The Balaban J connectivity index is 1.41. The molecule has 202 valence electrons. The van der Waals surface area contributed by atoms with Crippen LogP contribution in [0.2, 0.25) is 0 Å². The lowest BCUT2D eigenvalue weighted by molar-refractivity contribution is -0.145. The van der Waals surface area contributed by atoms with E-state index in [1.165, 1.54) is 19.3 Å². The number of furan rings is 1. The molecule has 1 amide bonds. The van der Waals surface area contributed by atoms with Crippen LogP contribution < -0.4 is 5.32 Å². The van der Waals surface area contributed by atoms with Crippen molar-refractivity contribution in [3.8, 4) is 17.5 Å². The fourth-order valence-electron chi connectivity index (χ4n) is 5.46. The zero-order valence-electron chi connectivity index (χ0n) is 22.5. The van der Waals surface area contributed by atoms with Gasteiger partial charge in [0.1, 0.15) is 18.1 Å². The number of carbonyl (C=O) groups excluding carboxylic acids is 2. The maximum Gasteiger partial charge on any atom is 0.328 e. The summed E-state index contributed by atoms with van der Waals surface area (Å²) in [6, 6.07) is 9.23. The number of carbonyl (C=O) groups is 2. The highest BCUT2D eigenvalue weighted by atomic mass is 16.5. The summed E-state index contributed by atoms with van der Waals surface area (Å²) in [5.41, 5.74) is 3.37. The molecule has 1 unspecified atom stereocenters. The van der Waals surface area contributed by atoms with Crippen molar-refractivity contribution in [2.45, 2.75) is 70.9 Å². The molecular formula is C31H34N4O4. The number of benzene rings is 1. The molecule has 2 atom stereocenters. The third-order valence-corrected chi connectivity index (χ3v) is 7.70. The topological polar surface area (TPSA) is 110 Å². The summed E-state index contributed by atoms with van der Waals surface area (Å²) in [6.45, 7) is 3.82. The lowest BCUT2D eigenvalue weighted by Crippen LogP contribution is -2.42. The molecule has 2 aromatic heterocycles. The Morgan fingerprint density at radius 2 is 2.10 bits per heavy atom. The van der Waals surface area contributed by atoms with E-state index in [2.05, 4.69) is 16.0 Å². The van der Waals surface area contributed by atoms with E-state index in [1.54, 1.807) is 31.6 Å². The molecule has 0 radical (unpaired) electrons. The zero-order chi connectivity index (χ0) is 27.4. The third kappa shape index (κ3) is 5.68. The molecule has 1 fully saturated rings. The van der Waals surface area contributed by atoms with E-state index in [0.29, 0.717) is 18.0 Å². The van der Waals surface area contributed by atoms with E-state index in [-0.39, 0.29) is 18.9 Å². The highest BCUT2D eigenvalue weighted by molar-refractivity contribution is 5.99. The fourth-order valence-corrected chi connectivity index (χ4v) is 5.46. The van der Waals surface area contributed by atoms with Gasteiger partial charge in [0.25, 0.3) is 5.91 Å². The van der Waals surface area contributed by atoms with Gasteiger partial charge in [-0.25, -0.2) is 9.78 Å². The van der Waals surface area contributed by atoms with Crippen molar-refractivity contribution < 1.29 is 18.7 Å². The van der Waals surface area contributed by atoms with Crippen LogP contribution in [-0.2, 0) is 9.53 Å². The van der Waals surface area contributed by atoms with Gasteiger partial charge in [0, 0.05) is 18.0 Å². The van der Waals surface area contributed by atoms with Crippen LogP contribution in [0.3, 0.4) is 0 Å². The highest BCUT2D eigenvalue weighted by Gasteiger charge is 2.28. The van der Waals surface area contributed by atoms with E-state index in [0.717, 1.165) is 40.8 Å². The summed E-state index contributed by atoms with van der Waals surface area (Å²) in [4.78, 5) is 31.1. The molecule has 3 aromatic rings. The van der Waals surface area contributed by atoms with Gasteiger partial charge < -0.3 is 19.0 Å². The Bertz CT molecular complexity index is 1450. The number of nitrogens with zero attached hydrogens (tertiary/aromatic N) is 3. The second-order valence-corrected chi connectivity index (χ2v) is 10.6. The lowest BCUT2D eigenvalue weighted by Gasteiger charge is -2.25. The van der Waals surface area contributed by atoms with Gasteiger partial charge in [-0.05, 0) is 62.9 Å². The summed E-state index contributed by atoms with van der Waals surface area (Å²) in [7, 11) is 0. The minimum Gasteiger partial charge on any atom is -0.472 e. The van der Waals surface area contributed by atoms with Crippen molar-refractivity contribution in [1.82, 2.24) is 14.9 Å². The standard InChI is InChI=1S/C31H34N4O4/c1-3-39-30(37)26(17-21-11-14-31(2,20-32)15-12-21)34-29(36)22-9-10-27-25(18-22)33-28(23-13-16-38-19-23)35(27)24-7-5-4-6-8-24/h9-14,16,18-19,24,26H,3-8,15,17H2,1-2H3,(H,34,36)/t26-,31?/m0/s1. The van der Waals surface area contributed by atoms with Crippen molar-refractivity contribution in [3.05, 3.63) is 66.2 Å². The Morgan fingerprint density at radius 1 is 1.28 bits per heavy atom. The van der Waals surface area contributed by atoms with Crippen molar-refractivity contribution in [3.63, 3.8) is 0 Å². The molecule has 2 aliphatic carbocycles. The molecule has 5 rings (SSSR count). The molecule has 39 heavy (non-hydrogen) atoms. The first-order chi connectivity index (χ1) is 18.9. The fraction of sp³-hybridized carbons (Fsp3) is 0.419. The second-order valence-electron chi connectivity index (χ2n) is 10.6. The van der Waals surface area contributed by atoms with Gasteiger partial charge >= 0.3 is 5.97 Å². The monoisotopic (exact) mass is 526 g/mol. The van der Waals surface area contributed by atoms with E-state index in [1.807, 2.05) is 37.3 Å². The summed E-state index contributed by atoms with van der Waals surface area (Å²) >= 11 is 0. The first-order valence-electron chi connectivity index (χ1n) is 13.7. The highest BCUT2D eigenvalue weighted by Crippen LogP contribution is 2.36. The molecule has 0 spiro atoms. The van der Waals surface area contributed by atoms with Crippen LogP contribution in [0.1, 0.15) is 75.2 Å². The smallest absolute Gasteiger partial charge is 0.328 e. The maximum absolute atomic E-state index is 13.4. The molecule has 8 nitrogen and oxygen atoms in total. The van der Waals surface area contributed by atoms with Crippen LogP contribution in [0.25, 0.3) is 22.4 Å². The van der Waals surface area contributed by atoms with Gasteiger partial charge in [0.05, 0.1) is 41.0 Å².